The van der Waals surface area contributed by atoms with Crippen molar-refractivity contribution in [2.24, 2.45) is 0 Å². The summed E-state index contributed by atoms with van der Waals surface area (Å²) in [6, 6.07) is 31.9. The highest BCUT2D eigenvalue weighted by Gasteiger charge is 2.22. The lowest BCUT2D eigenvalue weighted by Gasteiger charge is -2.21. The molecule has 33 heavy (non-hydrogen) atoms. The van der Waals surface area contributed by atoms with Gasteiger partial charge in [0.05, 0.1) is 22.2 Å². The zero-order valence-electron chi connectivity index (χ0n) is 18.1. The highest BCUT2D eigenvalue weighted by atomic mass is 32.2. The number of carbonyl (C=O) groups is 1. The van der Waals surface area contributed by atoms with E-state index in [-0.39, 0.29) is 22.1 Å². The summed E-state index contributed by atoms with van der Waals surface area (Å²) >= 11 is 0. The third-order valence-corrected chi connectivity index (χ3v) is 6.67. The van der Waals surface area contributed by atoms with Crippen molar-refractivity contribution in [1.82, 2.24) is 5.32 Å². The number of carbonyl (C=O) groups excluding carboxylic acids is 1. The fraction of sp³-hybridized carbons (Fsp3) is 0.0741. The quantitative estimate of drug-likeness (QED) is 0.395. The fourth-order valence-corrected chi connectivity index (χ4v) is 4.65. The topological polar surface area (TPSA) is 75.3 Å². The van der Waals surface area contributed by atoms with E-state index in [4.69, 9.17) is 0 Å². The van der Waals surface area contributed by atoms with Crippen LogP contribution < -0.4 is 10.0 Å². The van der Waals surface area contributed by atoms with Crippen LogP contribution in [0.2, 0.25) is 0 Å². The van der Waals surface area contributed by atoms with Crippen LogP contribution in [0.3, 0.4) is 0 Å². The van der Waals surface area contributed by atoms with Crippen LogP contribution in [-0.4, -0.2) is 14.3 Å². The summed E-state index contributed by atoms with van der Waals surface area (Å²) in [5, 5.41) is 3.08. The van der Waals surface area contributed by atoms with Gasteiger partial charge in [-0.2, -0.15) is 0 Å². The summed E-state index contributed by atoms with van der Waals surface area (Å²) in [5.41, 5.74) is 3.44. The first-order chi connectivity index (χ1) is 15.9. The van der Waals surface area contributed by atoms with Crippen LogP contribution in [-0.2, 0) is 10.0 Å². The number of sulfonamides is 1. The van der Waals surface area contributed by atoms with Gasteiger partial charge in [-0.1, -0.05) is 90.5 Å². The minimum Gasteiger partial charge on any atom is -0.341 e. The normalized spacial score (nSPS) is 12.0. The van der Waals surface area contributed by atoms with E-state index in [9.17, 15) is 13.2 Å². The Labute approximate surface area is 194 Å². The van der Waals surface area contributed by atoms with Crippen molar-refractivity contribution in [1.29, 1.82) is 0 Å². The largest absolute Gasteiger partial charge is 0.341 e. The van der Waals surface area contributed by atoms with E-state index >= 15 is 0 Å². The number of aryl methyl sites for hydroxylation is 1. The van der Waals surface area contributed by atoms with Crippen LogP contribution in [0.15, 0.2) is 114 Å². The van der Waals surface area contributed by atoms with E-state index in [1.807, 2.05) is 61.5 Å². The molecular formula is C27H24N2O3S. The number of nitrogens with one attached hydrogen (secondary N) is 2. The van der Waals surface area contributed by atoms with E-state index in [0.29, 0.717) is 0 Å². The van der Waals surface area contributed by atoms with Crippen molar-refractivity contribution in [3.8, 4) is 0 Å². The SMILES string of the molecule is Cc1ccc([C@H](NC(=O)c2ccccc2NS(=O)(=O)c2ccccc2)c2ccccc2)cc1. The number of amides is 1. The highest BCUT2D eigenvalue weighted by Crippen LogP contribution is 2.25. The number of para-hydroxylation sites is 1. The van der Waals surface area contributed by atoms with E-state index in [2.05, 4.69) is 10.0 Å². The molecule has 1 amide bonds. The molecule has 0 radical (unpaired) electrons. The maximum Gasteiger partial charge on any atom is 0.261 e. The maximum absolute atomic E-state index is 13.4. The third kappa shape index (κ3) is 5.30. The Kier molecular flexibility index (Phi) is 6.56. The van der Waals surface area contributed by atoms with Crippen LogP contribution in [0.25, 0.3) is 0 Å². The van der Waals surface area contributed by atoms with Crippen LogP contribution in [0, 0.1) is 6.92 Å². The highest BCUT2D eigenvalue weighted by molar-refractivity contribution is 7.92. The number of benzene rings is 4. The average molecular weight is 457 g/mol. The van der Waals surface area contributed by atoms with Gasteiger partial charge in [0.15, 0.2) is 0 Å². The molecule has 2 N–H and O–H groups in total. The number of hydrogen-bond acceptors (Lipinski definition) is 3. The van der Waals surface area contributed by atoms with Crippen molar-refractivity contribution in [2.45, 2.75) is 17.9 Å². The molecule has 166 valence electrons. The molecule has 0 heterocycles. The minimum absolute atomic E-state index is 0.127. The second-order valence-electron chi connectivity index (χ2n) is 7.69. The second kappa shape index (κ2) is 9.71. The van der Waals surface area contributed by atoms with Crippen molar-refractivity contribution in [2.75, 3.05) is 4.72 Å². The molecule has 4 aromatic carbocycles. The van der Waals surface area contributed by atoms with Gasteiger partial charge in [-0.15, -0.1) is 0 Å². The number of hydrogen-bond donors (Lipinski definition) is 2. The van der Waals surface area contributed by atoms with Gasteiger partial charge in [-0.25, -0.2) is 8.42 Å². The molecule has 1 atom stereocenters. The molecule has 4 rings (SSSR count). The lowest BCUT2D eigenvalue weighted by Crippen LogP contribution is -2.30. The standard InChI is InChI=1S/C27H24N2O3S/c1-20-16-18-22(19-17-20)26(21-10-4-2-5-11-21)28-27(30)24-14-8-9-15-25(24)29-33(31,32)23-12-6-3-7-13-23/h2-19,26,29H,1H3,(H,28,30)/t26-/m1/s1. The van der Waals surface area contributed by atoms with Gasteiger partial charge in [-0.05, 0) is 42.3 Å². The second-order valence-corrected chi connectivity index (χ2v) is 9.37. The Hall–Kier alpha value is -3.90. The summed E-state index contributed by atoms with van der Waals surface area (Å²) in [7, 11) is -3.84. The molecular weight excluding hydrogens is 432 g/mol. The summed E-state index contributed by atoms with van der Waals surface area (Å²) in [4.78, 5) is 13.5. The lowest BCUT2D eigenvalue weighted by atomic mass is 9.97. The van der Waals surface area contributed by atoms with Crippen molar-refractivity contribution >= 4 is 21.6 Å². The van der Waals surface area contributed by atoms with Crippen LogP contribution >= 0.6 is 0 Å². The monoisotopic (exact) mass is 456 g/mol. The summed E-state index contributed by atoms with van der Waals surface area (Å²) in [6.45, 7) is 2.01. The Morgan fingerprint density at radius 2 is 1.24 bits per heavy atom. The van der Waals surface area contributed by atoms with E-state index in [1.54, 1.807) is 42.5 Å². The molecule has 0 aliphatic carbocycles. The number of rotatable bonds is 7. The Morgan fingerprint density at radius 1 is 0.697 bits per heavy atom. The predicted molar refractivity (Wildman–Crippen MR) is 131 cm³/mol. The molecule has 0 bridgehead atoms. The van der Waals surface area contributed by atoms with Crippen molar-refractivity contribution in [3.63, 3.8) is 0 Å². The van der Waals surface area contributed by atoms with Crippen LogP contribution in [0.5, 0.6) is 0 Å². The Bertz CT molecular complexity index is 1340. The number of anilines is 1. The molecule has 0 aliphatic heterocycles. The summed E-state index contributed by atoms with van der Waals surface area (Å²) in [6.07, 6.45) is 0. The molecule has 0 unspecified atom stereocenters. The summed E-state index contributed by atoms with van der Waals surface area (Å²) in [5.74, 6) is -0.379. The molecule has 6 heteroatoms. The van der Waals surface area contributed by atoms with Gasteiger partial charge >= 0.3 is 0 Å². The lowest BCUT2D eigenvalue weighted by molar-refractivity contribution is 0.0944. The molecule has 0 saturated carbocycles. The predicted octanol–water partition coefficient (Wildman–Crippen LogP) is 5.32. The van der Waals surface area contributed by atoms with Gasteiger partial charge in [0.1, 0.15) is 0 Å². The Balaban J connectivity index is 1.65. The third-order valence-electron chi connectivity index (χ3n) is 5.29. The summed E-state index contributed by atoms with van der Waals surface area (Å²) < 4.78 is 28.2. The maximum atomic E-state index is 13.4. The molecule has 0 fully saturated rings. The van der Waals surface area contributed by atoms with Gasteiger partial charge in [0.25, 0.3) is 15.9 Å². The molecule has 4 aromatic rings. The average Bonchev–Trinajstić information content (AvgIpc) is 2.84. The van der Waals surface area contributed by atoms with E-state index in [1.165, 1.54) is 12.1 Å². The fourth-order valence-electron chi connectivity index (χ4n) is 3.55. The molecule has 0 aromatic heterocycles. The molecule has 5 nitrogen and oxygen atoms in total. The van der Waals surface area contributed by atoms with E-state index < -0.39 is 16.1 Å². The van der Waals surface area contributed by atoms with Crippen LogP contribution in [0.1, 0.15) is 33.1 Å². The Morgan fingerprint density at radius 3 is 1.91 bits per heavy atom. The van der Waals surface area contributed by atoms with Gasteiger partial charge in [-0.3, -0.25) is 9.52 Å². The molecule has 0 aliphatic rings. The van der Waals surface area contributed by atoms with E-state index in [0.717, 1.165) is 16.7 Å². The zero-order chi connectivity index (χ0) is 23.3. The van der Waals surface area contributed by atoms with Crippen molar-refractivity contribution in [3.05, 3.63) is 131 Å². The van der Waals surface area contributed by atoms with Gasteiger partial charge < -0.3 is 5.32 Å². The molecule has 0 saturated heterocycles. The first-order valence-electron chi connectivity index (χ1n) is 10.5. The first-order valence-corrected chi connectivity index (χ1v) is 12.0. The zero-order valence-corrected chi connectivity index (χ0v) is 18.9. The minimum atomic E-state index is -3.84. The van der Waals surface area contributed by atoms with Crippen molar-refractivity contribution < 1.29 is 13.2 Å². The van der Waals surface area contributed by atoms with Gasteiger partial charge in [0, 0.05) is 0 Å². The first kappa shape index (κ1) is 22.3. The smallest absolute Gasteiger partial charge is 0.261 e. The van der Waals surface area contributed by atoms with Gasteiger partial charge in [0.2, 0.25) is 0 Å². The molecule has 0 spiro atoms. The van der Waals surface area contributed by atoms with Crippen LogP contribution in [0.4, 0.5) is 5.69 Å².